The molecule has 0 aliphatic heterocycles. The smallest absolute Gasteiger partial charge is 0.304 e. The van der Waals surface area contributed by atoms with E-state index in [-0.39, 0.29) is 5.69 Å². The SMILES string of the molecule is O=C(O)CC(c1ccccn1)C(F)F. The van der Waals surface area contributed by atoms with Gasteiger partial charge < -0.3 is 5.11 Å². The average molecular weight is 201 g/mol. The highest BCUT2D eigenvalue weighted by molar-refractivity contribution is 5.68. The Morgan fingerprint density at radius 2 is 2.21 bits per heavy atom. The Morgan fingerprint density at radius 3 is 2.64 bits per heavy atom. The molecule has 0 radical (unpaired) electrons. The molecule has 0 bridgehead atoms. The Hall–Kier alpha value is -1.52. The van der Waals surface area contributed by atoms with Gasteiger partial charge in [-0.25, -0.2) is 8.78 Å². The van der Waals surface area contributed by atoms with Crippen LogP contribution in [-0.2, 0) is 4.79 Å². The van der Waals surface area contributed by atoms with Gasteiger partial charge in [-0.1, -0.05) is 6.07 Å². The maximum Gasteiger partial charge on any atom is 0.304 e. The molecule has 5 heteroatoms. The van der Waals surface area contributed by atoms with E-state index >= 15 is 0 Å². The number of aliphatic carboxylic acids is 1. The van der Waals surface area contributed by atoms with E-state index < -0.39 is 24.7 Å². The molecule has 0 fully saturated rings. The van der Waals surface area contributed by atoms with Gasteiger partial charge in [-0.3, -0.25) is 9.78 Å². The van der Waals surface area contributed by atoms with Crippen molar-refractivity contribution in [3.05, 3.63) is 30.1 Å². The fraction of sp³-hybridized carbons (Fsp3) is 0.333. The van der Waals surface area contributed by atoms with E-state index in [4.69, 9.17) is 5.11 Å². The Kier molecular flexibility index (Phi) is 3.50. The number of rotatable bonds is 4. The summed E-state index contributed by atoms with van der Waals surface area (Å²) >= 11 is 0. The van der Waals surface area contributed by atoms with Gasteiger partial charge in [0.15, 0.2) is 0 Å². The van der Waals surface area contributed by atoms with Gasteiger partial charge in [-0.15, -0.1) is 0 Å². The maximum atomic E-state index is 12.4. The van der Waals surface area contributed by atoms with Gasteiger partial charge in [0, 0.05) is 11.9 Å². The van der Waals surface area contributed by atoms with Crippen LogP contribution in [0.15, 0.2) is 24.4 Å². The van der Waals surface area contributed by atoms with E-state index in [0.29, 0.717) is 0 Å². The number of aromatic nitrogens is 1. The second kappa shape index (κ2) is 4.64. The predicted molar refractivity (Wildman–Crippen MR) is 45.2 cm³/mol. The molecular formula is C9H9F2NO2. The van der Waals surface area contributed by atoms with Crippen molar-refractivity contribution in [3.8, 4) is 0 Å². The largest absolute Gasteiger partial charge is 0.481 e. The molecule has 0 saturated carbocycles. The lowest BCUT2D eigenvalue weighted by atomic mass is 10.0. The van der Waals surface area contributed by atoms with Gasteiger partial charge in [-0.2, -0.15) is 0 Å². The van der Waals surface area contributed by atoms with Crippen LogP contribution in [0.4, 0.5) is 8.78 Å². The Morgan fingerprint density at radius 1 is 1.50 bits per heavy atom. The molecule has 1 aromatic rings. The molecule has 1 N–H and O–H groups in total. The summed E-state index contributed by atoms with van der Waals surface area (Å²) in [5.41, 5.74) is 0.116. The highest BCUT2D eigenvalue weighted by Gasteiger charge is 2.26. The molecule has 0 aliphatic rings. The van der Waals surface area contributed by atoms with Gasteiger partial charge >= 0.3 is 5.97 Å². The zero-order valence-corrected chi connectivity index (χ0v) is 7.23. The van der Waals surface area contributed by atoms with Gasteiger partial charge in [0.25, 0.3) is 0 Å². The second-order valence-electron chi connectivity index (χ2n) is 2.79. The molecule has 1 unspecified atom stereocenters. The minimum atomic E-state index is -2.71. The molecule has 1 heterocycles. The van der Waals surface area contributed by atoms with Gasteiger partial charge in [0.1, 0.15) is 0 Å². The zero-order chi connectivity index (χ0) is 10.6. The first-order chi connectivity index (χ1) is 6.61. The lowest BCUT2D eigenvalue weighted by Crippen LogP contribution is -2.15. The first kappa shape index (κ1) is 10.6. The van der Waals surface area contributed by atoms with E-state index in [2.05, 4.69) is 4.98 Å². The maximum absolute atomic E-state index is 12.4. The zero-order valence-electron chi connectivity index (χ0n) is 7.23. The van der Waals surface area contributed by atoms with Crippen molar-refractivity contribution in [2.75, 3.05) is 0 Å². The fourth-order valence-electron chi connectivity index (χ4n) is 1.11. The first-order valence-corrected chi connectivity index (χ1v) is 4.02. The minimum absolute atomic E-state index is 0.116. The van der Waals surface area contributed by atoms with Crippen LogP contribution in [0, 0.1) is 0 Å². The summed E-state index contributed by atoms with van der Waals surface area (Å²) in [6.45, 7) is 0. The van der Waals surface area contributed by atoms with Gasteiger partial charge in [0.2, 0.25) is 6.43 Å². The number of alkyl halides is 2. The Bertz CT molecular complexity index is 303. The van der Waals surface area contributed by atoms with Crippen molar-refractivity contribution in [1.29, 1.82) is 0 Å². The first-order valence-electron chi connectivity index (χ1n) is 4.02. The molecular weight excluding hydrogens is 192 g/mol. The van der Waals surface area contributed by atoms with E-state index in [1.165, 1.54) is 12.3 Å². The third-order valence-electron chi connectivity index (χ3n) is 1.77. The van der Waals surface area contributed by atoms with Crippen molar-refractivity contribution in [1.82, 2.24) is 4.98 Å². The molecule has 14 heavy (non-hydrogen) atoms. The number of carboxylic acid groups (broad SMARTS) is 1. The van der Waals surface area contributed by atoms with Crippen LogP contribution in [0.25, 0.3) is 0 Å². The van der Waals surface area contributed by atoms with E-state index in [9.17, 15) is 13.6 Å². The molecule has 0 aliphatic carbocycles. The quantitative estimate of drug-likeness (QED) is 0.809. The van der Waals surface area contributed by atoms with Crippen molar-refractivity contribution >= 4 is 5.97 Å². The summed E-state index contributed by atoms with van der Waals surface area (Å²) in [6, 6.07) is 4.55. The fourth-order valence-corrected chi connectivity index (χ4v) is 1.11. The number of carboxylic acids is 1. The van der Waals surface area contributed by atoms with Crippen LogP contribution >= 0.6 is 0 Å². The molecule has 0 amide bonds. The molecule has 0 spiro atoms. The molecule has 0 aromatic carbocycles. The highest BCUT2D eigenvalue weighted by atomic mass is 19.3. The number of nitrogens with zero attached hydrogens (tertiary/aromatic N) is 1. The van der Waals surface area contributed by atoms with Crippen molar-refractivity contribution in [2.24, 2.45) is 0 Å². The Balaban J connectivity index is 2.83. The minimum Gasteiger partial charge on any atom is -0.481 e. The van der Waals surface area contributed by atoms with E-state index in [1.807, 2.05) is 0 Å². The number of halogens is 2. The normalized spacial score (nSPS) is 12.8. The molecule has 1 atom stereocenters. The topological polar surface area (TPSA) is 50.2 Å². The van der Waals surface area contributed by atoms with Crippen LogP contribution in [0.3, 0.4) is 0 Å². The summed E-state index contributed by atoms with van der Waals surface area (Å²) in [7, 11) is 0. The number of pyridine rings is 1. The van der Waals surface area contributed by atoms with Crippen molar-refractivity contribution in [3.63, 3.8) is 0 Å². The summed E-state index contributed by atoms with van der Waals surface area (Å²) in [4.78, 5) is 14.0. The highest BCUT2D eigenvalue weighted by Crippen LogP contribution is 2.24. The van der Waals surface area contributed by atoms with Crippen LogP contribution in [-0.4, -0.2) is 22.5 Å². The van der Waals surface area contributed by atoms with Crippen molar-refractivity contribution < 1.29 is 18.7 Å². The monoisotopic (exact) mass is 201 g/mol. The molecule has 0 saturated heterocycles. The number of hydrogen-bond acceptors (Lipinski definition) is 2. The lowest BCUT2D eigenvalue weighted by molar-refractivity contribution is -0.138. The predicted octanol–water partition coefficient (Wildman–Crippen LogP) is 1.91. The number of carbonyl (C=O) groups is 1. The Labute approximate surface area is 79.4 Å². The molecule has 3 nitrogen and oxygen atoms in total. The summed E-state index contributed by atoms with van der Waals surface area (Å²) < 4.78 is 24.9. The number of hydrogen-bond donors (Lipinski definition) is 1. The molecule has 1 rings (SSSR count). The molecule has 1 aromatic heterocycles. The van der Waals surface area contributed by atoms with E-state index in [0.717, 1.165) is 0 Å². The second-order valence-corrected chi connectivity index (χ2v) is 2.79. The van der Waals surface area contributed by atoms with Gasteiger partial charge in [-0.05, 0) is 12.1 Å². The van der Waals surface area contributed by atoms with Gasteiger partial charge in [0.05, 0.1) is 12.3 Å². The van der Waals surface area contributed by atoms with Crippen LogP contribution in [0.2, 0.25) is 0 Å². The lowest BCUT2D eigenvalue weighted by Gasteiger charge is -2.12. The summed E-state index contributed by atoms with van der Waals surface area (Å²) in [5.74, 6) is -2.57. The summed E-state index contributed by atoms with van der Waals surface area (Å²) in [5, 5.41) is 8.43. The third kappa shape index (κ3) is 2.76. The van der Waals surface area contributed by atoms with Crippen molar-refractivity contribution in [2.45, 2.75) is 18.8 Å². The van der Waals surface area contributed by atoms with E-state index in [1.54, 1.807) is 12.1 Å². The van der Waals surface area contributed by atoms with Crippen LogP contribution in [0.1, 0.15) is 18.0 Å². The van der Waals surface area contributed by atoms with Crippen LogP contribution in [0.5, 0.6) is 0 Å². The molecule has 76 valence electrons. The van der Waals surface area contributed by atoms with Crippen LogP contribution < -0.4 is 0 Å². The third-order valence-corrected chi connectivity index (χ3v) is 1.77. The standard InChI is InChI=1S/C9H9F2NO2/c10-9(11)6(5-8(13)14)7-3-1-2-4-12-7/h1-4,6,9H,5H2,(H,13,14). The summed E-state index contributed by atoms with van der Waals surface area (Å²) in [6.07, 6.45) is -1.94. The average Bonchev–Trinajstić information content (AvgIpc) is 2.15.